The fraction of sp³-hybridized carbons (Fsp3) is 0.500. The van der Waals surface area contributed by atoms with E-state index in [1.807, 2.05) is 0 Å². The summed E-state index contributed by atoms with van der Waals surface area (Å²) in [7, 11) is 4.71. The lowest BCUT2D eigenvalue weighted by molar-refractivity contribution is -0.143. The van der Waals surface area contributed by atoms with Gasteiger partial charge >= 0.3 is 5.97 Å². The number of nitrogens with zero attached hydrogens (tertiary/aromatic N) is 2. The standard InChI is InChI=1S/C12H20N2O4/c1-6-18-12(17)8-14(5)9(2)10(15)7-11(16)13(3)4/h7,15H,2,6,8H2,1,3-5H3/b10-7-. The predicted octanol–water partition coefficient (Wildman–Crippen LogP) is 0.525. The van der Waals surface area contributed by atoms with E-state index in [-0.39, 0.29) is 23.9 Å². The number of carbonyl (C=O) groups excluding carboxylic acids is 2. The van der Waals surface area contributed by atoms with E-state index in [0.717, 1.165) is 6.08 Å². The van der Waals surface area contributed by atoms with Crippen molar-refractivity contribution in [1.82, 2.24) is 9.80 Å². The highest BCUT2D eigenvalue weighted by molar-refractivity contribution is 5.88. The molecule has 0 radical (unpaired) electrons. The Balaban J connectivity index is 4.55. The molecule has 0 aromatic heterocycles. The Morgan fingerprint density at radius 3 is 2.33 bits per heavy atom. The molecule has 0 aliphatic carbocycles. The molecular weight excluding hydrogens is 236 g/mol. The largest absolute Gasteiger partial charge is 0.506 e. The molecule has 0 saturated heterocycles. The molecule has 6 heteroatoms. The molecule has 0 spiro atoms. The van der Waals surface area contributed by atoms with Crippen LogP contribution in [0.5, 0.6) is 0 Å². The smallest absolute Gasteiger partial charge is 0.325 e. The lowest BCUT2D eigenvalue weighted by atomic mass is 10.3. The van der Waals surface area contributed by atoms with Gasteiger partial charge in [-0.2, -0.15) is 0 Å². The van der Waals surface area contributed by atoms with Crippen molar-refractivity contribution in [3.63, 3.8) is 0 Å². The van der Waals surface area contributed by atoms with Gasteiger partial charge in [-0.3, -0.25) is 9.59 Å². The number of carbonyl (C=O) groups is 2. The van der Waals surface area contributed by atoms with Crippen LogP contribution in [0.4, 0.5) is 0 Å². The molecule has 6 nitrogen and oxygen atoms in total. The van der Waals surface area contributed by atoms with Gasteiger partial charge in [-0.05, 0) is 6.92 Å². The van der Waals surface area contributed by atoms with Crippen molar-refractivity contribution in [1.29, 1.82) is 0 Å². The van der Waals surface area contributed by atoms with E-state index in [9.17, 15) is 14.7 Å². The average molecular weight is 256 g/mol. The van der Waals surface area contributed by atoms with Crippen LogP contribution in [0, 0.1) is 0 Å². The number of aliphatic hydroxyl groups is 1. The van der Waals surface area contributed by atoms with E-state index in [1.54, 1.807) is 28.1 Å². The zero-order valence-electron chi connectivity index (χ0n) is 11.3. The number of likely N-dealkylation sites (N-methyl/N-ethyl adjacent to an activating group) is 2. The number of hydrogen-bond donors (Lipinski definition) is 1. The van der Waals surface area contributed by atoms with Gasteiger partial charge in [0.2, 0.25) is 5.91 Å². The number of esters is 1. The molecule has 0 unspecified atom stereocenters. The molecule has 0 aromatic rings. The SMILES string of the molecule is C=C(/C(O)=C/C(=O)N(C)C)N(C)CC(=O)OCC. The van der Waals surface area contributed by atoms with Gasteiger partial charge in [-0.25, -0.2) is 0 Å². The quantitative estimate of drug-likeness (QED) is 0.325. The highest BCUT2D eigenvalue weighted by atomic mass is 16.5. The molecule has 1 N–H and O–H groups in total. The van der Waals surface area contributed by atoms with Crippen molar-refractivity contribution < 1.29 is 19.4 Å². The maximum Gasteiger partial charge on any atom is 0.325 e. The van der Waals surface area contributed by atoms with Crippen LogP contribution in [-0.4, -0.2) is 61.1 Å². The van der Waals surface area contributed by atoms with Gasteiger partial charge < -0.3 is 19.6 Å². The number of amides is 1. The summed E-state index contributed by atoms with van der Waals surface area (Å²) in [6, 6.07) is 0. The van der Waals surface area contributed by atoms with Crippen LogP contribution in [0.3, 0.4) is 0 Å². The minimum atomic E-state index is -0.423. The summed E-state index contributed by atoms with van der Waals surface area (Å²) in [6.45, 7) is 5.57. The van der Waals surface area contributed by atoms with Crippen LogP contribution < -0.4 is 0 Å². The third-order valence-electron chi connectivity index (χ3n) is 2.13. The Labute approximate surface area is 107 Å². The first-order chi connectivity index (χ1) is 8.29. The Bertz CT molecular complexity index is 361. The molecule has 0 aliphatic heterocycles. The molecule has 0 aromatic carbocycles. The molecular formula is C12H20N2O4. The zero-order chi connectivity index (χ0) is 14.3. The van der Waals surface area contributed by atoms with Crippen LogP contribution >= 0.6 is 0 Å². The zero-order valence-corrected chi connectivity index (χ0v) is 11.3. The van der Waals surface area contributed by atoms with Gasteiger partial charge in [0.25, 0.3) is 0 Å². The van der Waals surface area contributed by atoms with Crippen LogP contribution in [-0.2, 0) is 14.3 Å². The Kier molecular flexibility index (Phi) is 6.56. The normalized spacial score (nSPS) is 10.8. The Morgan fingerprint density at radius 1 is 1.33 bits per heavy atom. The fourth-order valence-corrected chi connectivity index (χ4v) is 1.02. The molecule has 0 atom stereocenters. The molecule has 0 aliphatic rings. The third-order valence-corrected chi connectivity index (χ3v) is 2.13. The first-order valence-corrected chi connectivity index (χ1v) is 5.47. The summed E-state index contributed by atoms with van der Waals surface area (Å²) in [5, 5.41) is 9.67. The van der Waals surface area contributed by atoms with Gasteiger partial charge in [0.05, 0.1) is 12.3 Å². The van der Waals surface area contributed by atoms with Gasteiger partial charge in [0.15, 0.2) is 0 Å². The first-order valence-electron chi connectivity index (χ1n) is 5.47. The fourth-order valence-electron chi connectivity index (χ4n) is 1.02. The second-order valence-electron chi connectivity index (χ2n) is 3.87. The van der Waals surface area contributed by atoms with Crippen molar-refractivity contribution >= 4 is 11.9 Å². The summed E-state index contributed by atoms with van der Waals surface area (Å²) in [4.78, 5) is 25.3. The van der Waals surface area contributed by atoms with Crippen LogP contribution in [0.25, 0.3) is 0 Å². The molecule has 18 heavy (non-hydrogen) atoms. The lowest BCUT2D eigenvalue weighted by Gasteiger charge is -2.20. The third kappa shape index (κ3) is 5.38. The van der Waals surface area contributed by atoms with Crippen molar-refractivity contribution in [3.8, 4) is 0 Å². The number of rotatable bonds is 6. The van der Waals surface area contributed by atoms with Gasteiger partial charge in [0, 0.05) is 27.2 Å². The molecule has 0 bridgehead atoms. The predicted molar refractivity (Wildman–Crippen MR) is 67.8 cm³/mol. The minimum Gasteiger partial charge on any atom is -0.506 e. The summed E-state index contributed by atoms with van der Waals surface area (Å²) in [6.07, 6.45) is 1.05. The summed E-state index contributed by atoms with van der Waals surface area (Å²) < 4.78 is 4.76. The molecule has 102 valence electrons. The molecule has 0 rings (SSSR count). The van der Waals surface area contributed by atoms with E-state index in [2.05, 4.69) is 6.58 Å². The number of aliphatic hydroxyl groups excluding tert-OH is 1. The van der Waals surface area contributed by atoms with Crippen LogP contribution in [0.15, 0.2) is 24.1 Å². The summed E-state index contributed by atoms with van der Waals surface area (Å²) >= 11 is 0. The second-order valence-corrected chi connectivity index (χ2v) is 3.87. The highest BCUT2D eigenvalue weighted by Gasteiger charge is 2.13. The van der Waals surface area contributed by atoms with E-state index in [1.165, 1.54) is 9.80 Å². The number of ether oxygens (including phenoxy) is 1. The highest BCUT2D eigenvalue weighted by Crippen LogP contribution is 2.08. The van der Waals surface area contributed by atoms with Crippen molar-refractivity contribution in [3.05, 3.63) is 24.1 Å². The molecule has 0 heterocycles. The second kappa shape index (κ2) is 7.37. The van der Waals surface area contributed by atoms with Crippen molar-refractivity contribution in [2.24, 2.45) is 0 Å². The Hall–Kier alpha value is -1.98. The van der Waals surface area contributed by atoms with E-state index < -0.39 is 5.97 Å². The molecule has 0 fully saturated rings. The van der Waals surface area contributed by atoms with Gasteiger partial charge in [0.1, 0.15) is 12.3 Å². The van der Waals surface area contributed by atoms with Gasteiger partial charge in [-0.15, -0.1) is 0 Å². The van der Waals surface area contributed by atoms with E-state index in [4.69, 9.17) is 4.74 Å². The summed E-state index contributed by atoms with van der Waals surface area (Å²) in [5.74, 6) is -1.06. The molecule has 1 amide bonds. The maximum atomic E-state index is 11.3. The topological polar surface area (TPSA) is 70.1 Å². The van der Waals surface area contributed by atoms with E-state index >= 15 is 0 Å². The van der Waals surface area contributed by atoms with Crippen molar-refractivity contribution in [2.75, 3.05) is 34.3 Å². The molecule has 0 saturated carbocycles. The van der Waals surface area contributed by atoms with Gasteiger partial charge in [-0.1, -0.05) is 6.58 Å². The van der Waals surface area contributed by atoms with Crippen LogP contribution in [0.2, 0.25) is 0 Å². The lowest BCUT2D eigenvalue weighted by Crippen LogP contribution is -2.28. The minimum absolute atomic E-state index is 0.0409. The maximum absolute atomic E-state index is 11.3. The van der Waals surface area contributed by atoms with E-state index in [0.29, 0.717) is 6.61 Å². The Morgan fingerprint density at radius 2 is 1.89 bits per heavy atom. The summed E-state index contributed by atoms with van der Waals surface area (Å²) in [5.41, 5.74) is 0.179. The first kappa shape index (κ1) is 16.0. The van der Waals surface area contributed by atoms with Crippen molar-refractivity contribution in [2.45, 2.75) is 6.92 Å². The average Bonchev–Trinajstić information content (AvgIpc) is 2.27. The number of hydrogen-bond acceptors (Lipinski definition) is 5. The van der Waals surface area contributed by atoms with Crippen LogP contribution in [0.1, 0.15) is 6.92 Å². The monoisotopic (exact) mass is 256 g/mol.